The molecule has 0 bridgehead atoms. The minimum atomic E-state index is -0.720. The van der Waals surface area contributed by atoms with Crippen LogP contribution in [0.5, 0.6) is 0 Å². The monoisotopic (exact) mass is 315 g/mol. The maximum atomic E-state index is 11.8. The first-order valence-electron chi connectivity index (χ1n) is 7.97. The number of hydrogen-bond donors (Lipinski definition) is 1. The van der Waals surface area contributed by atoms with Crippen molar-refractivity contribution in [2.75, 3.05) is 26.7 Å². The molecule has 0 aromatic heterocycles. The maximum absolute atomic E-state index is 11.8. The molecule has 8 heteroatoms. The smallest absolute Gasteiger partial charge is 0.407 e. The summed E-state index contributed by atoms with van der Waals surface area (Å²) in [6, 6.07) is 0. The van der Waals surface area contributed by atoms with Crippen LogP contribution in [-0.2, 0) is 9.57 Å². The van der Waals surface area contributed by atoms with E-state index in [0.717, 1.165) is 38.8 Å². The number of carbonyl (C=O) groups excluding carboxylic acids is 1. The molecule has 22 heavy (non-hydrogen) atoms. The van der Waals surface area contributed by atoms with Crippen LogP contribution >= 0.6 is 0 Å². The molecule has 1 saturated heterocycles. The van der Waals surface area contributed by atoms with Gasteiger partial charge in [0.05, 0.1) is 0 Å². The van der Waals surface area contributed by atoms with Gasteiger partial charge in [-0.25, -0.2) is 4.79 Å². The Morgan fingerprint density at radius 3 is 2.41 bits per heavy atom. The Labute approximate surface area is 130 Å². The third-order valence-corrected chi connectivity index (χ3v) is 4.50. The molecule has 8 nitrogen and oxygen atoms in total. The number of piperidine rings is 1. The number of likely N-dealkylation sites (tertiary alicyclic amines) is 1. The first-order chi connectivity index (χ1) is 10.5. The number of carbonyl (C=O) groups is 1. The molecule has 0 aromatic rings. The zero-order chi connectivity index (χ0) is 15.9. The predicted molar refractivity (Wildman–Crippen MR) is 78.8 cm³/mol. The van der Waals surface area contributed by atoms with Crippen molar-refractivity contribution in [3.63, 3.8) is 0 Å². The molecule has 1 N–H and O–H groups in total. The molecular formula is C14H25N3O5. The number of nitrogens with zero attached hydrogens (tertiary/aromatic N) is 2. The van der Waals surface area contributed by atoms with Crippen molar-refractivity contribution in [2.24, 2.45) is 5.92 Å². The summed E-state index contributed by atoms with van der Waals surface area (Å²) in [5.41, 5.74) is 0. The molecule has 0 aromatic carbocycles. The SMILES string of the molecule is CN1CCC(OC(=O)NC[C@H]2CC[C@H](O[N+](=O)[O-])CC2)CC1. The van der Waals surface area contributed by atoms with Gasteiger partial charge in [-0.1, -0.05) is 0 Å². The van der Waals surface area contributed by atoms with E-state index in [9.17, 15) is 14.9 Å². The van der Waals surface area contributed by atoms with E-state index in [2.05, 4.69) is 22.1 Å². The average Bonchev–Trinajstić information content (AvgIpc) is 2.48. The summed E-state index contributed by atoms with van der Waals surface area (Å²) in [5, 5.41) is 12.4. The summed E-state index contributed by atoms with van der Waals surface area (Å²) in [5.74, 6) is 0.344. The van der Waals surface area contributed by atoms with Gasteiger partial charge in [-0.15, -0.1) is 10.1 Å². The fraction of sp³-hybridized carbons (Fsp3) is 0.929. The number of nitrogens with one attached hydrogen (secondary N) is 1. The van der Waals surface area contributed by atoms with Crippen molar-refractivity contribution in [3.05, 3.63) is 10.1 Å². The fourth-order valence-corrected chi connectivity index (χ4v) is 3.09. The Morgan fingerprint density at radius 1 is 1.18 bits per heavy atom. The van der Waals surface area contributed by atoms with Crippen molar-refractivity contribution in [1.82, 2.24) is 10.2 Å². The van der Waals surface area contributed by atoms with E-state index in [1.54, 1.807) is 0 Å². The van der Waals surface area contributed by atoms with Gasteiger partial charge in [-0.3, -0.25) is 0 Å². The summed E-state index contributed by atoms with van der Waals surface area (Å²) >= 11 is 0. The van der Waals surface area contributed by atoms with Crippen molar-refractivity contribution in [1.29, 1.82) is 0 Å². The van der Waals surface area contributed by atoms with Gasteiger partial charge < -0.3 is 19.8 Å². The summed E-state index contributed by atoms with van der Waals surface area (Å²) in [6.45, 7) is 2.48. The van der Waals surface area contributed by atoms with Crippen molar-refractivity contribution in [2.45, 2.75) is 50.7 Å². The van der Waals surface area contributed by atoms with Crippen LogP contribution in [0, 0.1) is 16.0 Å². The maximum Gasteiger partial charge on any atom is 0.407 e. The normalized spacial score (nSPS) is 27.1. The molecule has 0 spiro atoms. The van der Waals surface area contributed by atoms with E-state index in [4.69, 9.17) is 4.74 Å². The second-order valence-corrected chi connectivity index (χ2v) is 6.26. The zero-order valence-corrected chi connectivity index (χ0v) is 13.0. The highest BCUT2D eigenvalue weighted by Crippen LogP contribution is 2.25. The Kier molecular flexibility index (Phi) is 6.23. The first kappa shape index (κ1) is 16.8. The lowest BCUT2D eigenvalue weighted by molar-refractivity contribution is -0.769. The van der Waals surface area contributed by atoms with Crippen molar-refractivity contribution in [3.8, 4) is 0 Å². The molecule has 1 saturated carbocycles. The van der Waals surface area contributed by atoms with Gasteiger partial charge in [-0.05, 0) is 51.5 Å². The second kappa shape index (κ2) is 8.17. The van der Waals surface area contributed by atoms with Gasteiger partial charge in [0.15, 0.2) is 0 Å². The molecule has 0 unspecified atom stereocenters. The molecular weight excluding hydrogens is 290 g/mol. The van der Waals surface area contributed by atoms with Gasteiger partial charge in [0.1, 0.15) is 12.2 Å². The highest BCUT2D eigenvalue weighted by atomic mass is 17.0. The van der Waals surface area contributed by atoms with Crippen LogP contribution in [0.4, 0.5) is 4.79 Å². The molecule has 126 valence electrons. The summed E-state index contributed by atoms with van der Waals surface area (Å²) < 4.78 is 5.41. The van der Waals surface area contributed by atoms with Gasteiger partial charge in [-0.2, -0.15) is 0 Å². The Hall–Kier alpha value is -1.57. The highest BCUT2D eigenvalue weighted by Gasteiger charge is 2.25. The lowest BCUT2D eigenvalue weighted by Gasteiger charge is -2.29. The zero-order valence-electron chi connectivity index (χ0n) is 13.0. The number of hydrogen-bond acceptors (Lipinski definition) is 6. The van der Waals surface area contributed by atoms with Crippen molar-refractivity contribution < 1.29 is 19.5 Å². The topological polar surface area (TPSA) is 93.9 Å². The van der Waals surface area contributed by atoms with Crippen molar-refractivity contribution >= 4 is 6.09 Å². The standard InChI is InChI=1S/C14H25N3O5/c1-16-8-6-12(7-9-16)21-14(18)15-10-11-2-4-13(5-3-11)22-17(19)20/h11-13H,2-10H2,1H3,(H,15,18)/t11-,13-. The fourth-order valence-electron chi connectivity index (χ4n) is 3.09. The van der Waals surface area contributed by atoms with E-state index in [1.807, 2.05) is 0 Å². The van der Waals surface area contributed by atoms with Crippen LogP contribution < -0.4 is 5.32 Å². The molecule has 0 atom stereocenters. The minimum Gasteiger partial charge on any atom is -0.446 e. The van der Waals surface area contributed by atoms with Crippen LogP contribution in [0.1, 0.15) is 38.5 Å². The lowest BCUT2D eigenvalue weighted by Crippen LogP contribution is -2.39. The van der Waals surface area contributed by atoms with Gasteiger partial charge >= 0.3 is 6.09 Å². The molecule has 1 amide bonds. The average molecular weight is 315 g/mol. The predicted octanol–water partition coefficient (Wildman–Crippen LogP) is 1.57. The number of ether oxygens (including phenoxy) is 1. The number of alkyl carbamates (subject to hydrolysis) is 1. The molecule has 2 rings (SSSR count). The molecule has 0 radical (unpaired) electrons. The van der Waals surface area contributed by atoms with Crippen LogP contribution in [0.15, 0.2) is 0 Å². The van der Waals surface area contributed by atoms with Crippen LogP contribution in [0.25, 0.3) is 0 Å². The van der Waals surface area contributed by atoms with Crippen LogP contribution in [0.3, 0.4) is 0 Å². The molecule has 1 heterocycles. The minimum absolute atomic E-state index is 0.0143. The third kappa shape index (κ3) is 5.67. The van der Waals surface area contributed by atoms with Gasteiger partial charge in [0.25, 0.3) is 5.09 Å². The summed E-state index contributed by atoms with van der Waals surface area (Å²) in [7, 11) is 2.06. The Bertz CT molecular complexity index is 377. The molecule has 1 aliphatic carbocycles. The first-order valence-corrected chi connectivity index (χ1v) is 7.97. The van der Waals surface area contributed by atoms with Crippen LogP contribution in [-0.4, -0.2) is 55.0 Å². The number of amides is 1. The highest BCUT2D eigenvalue weighted by molar-refractivity contribution is 5.67. The molecule has 2 aliphatic rings. The van der Waals surface area contributed by atoms with E-state index >= 15 is 0 Å². The van der Waals surface area contributed by atoms with E-state index in [0.29, 0.717) is 25.3 Å². The van der Waals surface area contributed by atoms with E-state index in [1.165, 1.54) is 0 Å². The molecule has 2 fully saturated rings. The van der Waals surface area contributed by atoms with E-state index < -0.39 is 5.09 Å². The Morgan fingerprint density at radius 2 is 1.82 bits per heavy atom. The third-order valence-electron chi connectivity index (χ3n) is 4.50. The van der Waals surface area contributed by atoms with E-state index in [-0.39, 0.29) is 18.3 Å². The summed E-state index contributed by atoms with van der Waals surface area (Å²) in [4.78, 5) is 28.9. The van der Waals surface area contributed by atoms with Gasteiger partial charge in [0, 0.05) is 19.6 Å². The van der Waals surface area contributed by atoms with Gasteiger partial charge in [0.2, 0.25) is 0 Å². The number of rotatable bonds is 5. The molecule has 1 aliphatic heterocycles. The quantitative estimate of drug-likeness (QED) is 0.611. The lowest BCUT2D eigenvalue weighted by atomic mass is 9.87. The van der Waals surface area contributed by atoms with Crippen LogP contribution in [0.2, 0.25) is 0 Å². The largest absolute Gasteiger partial charge is 0.446 e. The summed E-state index contributed by atoms with van der Waals surface area (Å²) in [6.07, 6.45) is 4.12. The second-order valence-electron chi connectivity index (χ2n) is 6.26. The Balaban J connectivity index is 1.58.